The van der Waals surface area contributed by atoms with E-state index in [1.807, 2.05) is 13.8 Å². The second kappa shape index (κ2) is 8.11. The zero-order valence-electron chi connectivity index (χ0n) is 12.5. The van der Waals surface area contributed by atoms with Crippen LogP contribution in [0.5, 0.6) is 0 Å². The van der Waals surface area contributed by atoms with Crippen LogP contribution in [-0.2, 0) is 0 Å². The first kappa shape index (κ1) is 16.0. The highest BCUT2D eigenvalue weighted by molar-refractivity contribution is 4.85. The van der Waals surface area contributed by atoms with Gasteiger partial charge in [-0.05, 0) is 51.6 Å². The molecule has 0 amide bonds. The molecule has 1 fully saturated rings. The zero-order chi connectivity index (χ0) is 12.6. The SMILES string of the molecule is CC.CCCC1(CC)CCN(C(C)C)CC1. The molecule has 0 N–H and O–H groups in total. The maximum Gasteiger partial charge on any atom is 0.00385 e. The van der Waals surface area contributed by atoms with Gasteiger partial charge < -0.3 is 4.90 Å². The Kier molecular flexibility index (Phi) is 8.09. The average molecular weight is 227 g/mol. The van der Waals surface area contributed by atoms with Gasteiger partial charge in [-0.2, -0.15) is 0 Å². The summed E-state index contributed by atoms with van der Waals surface area (Å²) in [5.74, 6) is 0. The normalized spacial score (nSPS) is 20.4. The summed E-state index contributed by atoms with van der Waals surface area (Å²) in [7, 11) is 0. The van der Waals surface area contributed by atoms with Crippen LogP contribution < -0.4 is 0 Å². The molecule has 0 aromatic rings. The first-order chi connectivity index (χ1) is 7.63. The van der Waals surface area contributed by atoms with Crippen LogP contribution >= 0.6 is 0 Å². The standard InChI is InChI=1S/C13H27N.C2H6/c1-5-7-13(6-2)8-10-14(11-9-13)12(3)4;1-2/h12H,5-11H2,1-4H3;1-2H3. The predicted molar refractivity (Wildman–Crippen MR) is 74.9 cm³/mol. The molecule has 1 heterocycles. The number of likely N-dealkylation sites (tertiary alicyclic amines) is 1. The largest absolute Gasteiger partial charge is 0.301 e. The van der Waals surface area contributed by atoms with E-state index in [-0.39, 0.29) is 0 Å². The number of piperidine rings is 1. The molecule has 98 valence electrons. The van der Waals surface area contributed by atoms with E-state index in [0.717, 1.165) is 6.04 Å². The minimum absolute atomic E-state index is 0.695. The van der Waals surface area contributed by atoms with E-state index in [1.165, 1.54) is 45.2 Å². The average Bonchev–Trinajstić information content (AvgIpc) is 2.32. The Balaban J connectivity index is 0.00000106. The molecule has 1 saturated heterocycles. The summed E-state index contributed by atoms with van der Waals surface area (Å²) in [6.07, 6.45) is 7.03. The fourth-order valence-electron chi connectivity index (χ4n) is 2.83. The molecule has 1 heteroatoms. The molecule has 1 aliphatic heterocycles. The number of nitrogens with zero attached hydrogens (tertiary/aromatic N) is 1. The molecule has 0 saturated carbocycles. The fourth-order valence-corrected chi connectivity index (χ4v) is 2.83. The second-order valence-corrected chi connectivity index (χ2v) is 5.23. The third-order valence-electron chi connectivity index (χ3n) is 4.12. The van der Waals surface area contributed by atoms with Gasteiger partial charge in [-0.25, -0.2) is 0 Å². The van der Waals surface area contributed by atoms with Gasteiger partial charge in [0.15, 0.2) is 0 Å². The van der Waals surface area contributed by atoms with Crippen molar-refractivity contribution in [3.8, 4) is 0 Å². The highest BCUT2D eigenvalue weighted by Gasteiger charge is 2.32. The molecule has 0 spiro atoms. The number of rotatable bonds is 4. The molecule has 1 aliphatic rings. The van der Waals surface area contributed by atoms with Crippen LogP contribution in [0.4, 0.5) is 0 Å². The molecule has 0 unspecified atom stereocenters. The topological polar surface area (TPSA) is 3.24 Å². The van der Waals surface area contributed by atoms with Gasteiger partial charge in [0.1, 0.15) is 0 Å². The van der Waals surface area contributed by atoms with Crippen molar-refractivity contribution < 1.29 is 0 Å². The third kappa shape index (κ3) is 4.45. The van der Waals surface area contributed by atoms with E-state index in [9.17, 15) is 0 Å². The lowest BCUT2D eigenvalue weighted by Gasteiger charge is -2.43. The Morgan fingerprint density at radius 1 is 1.06 bits per heavy atom. The summed E-state index contributed by atoms with van der Waals surface area (Å²) in [5.41, 5.74) is 0.695. The van der Waals surface area contributed by atoms with E-state index in [1.54, 1.807) is 0 Å². The van der Waals surface area contributed by atoms with E-state index in [2.05, 4.69) is 32.6 Å². The lowest BCUT2D eigenvalue weighted by Crippen LogP contribution is -2.43. The van der Waals surface area contributed by atoms with Crippen molar-refractivity contribution >= 4 is 0 Å². The molecule has 1 nitrogen and oxygen atoms in total. The molecule has 16 heavy (non-hydrogen) atoms. The Morgan fingerprint density at radius 2 is 1.56 bits per heavy atom. The quantitative estimate of drug-likeness (QED) is 0.672. The summed E-state index contributed by atoms with van der Waals surface area (Å²) in [5, 5.41) is 0. The molecular weight excluding hydrogens is 194 g/mol. The third-order valence-corrected chi connectivity index (χ3v) is 4.12. The summed E-state index contributed by atoms with van der Waals surface area (Å²) < 4.78 is 0. The van der Waals surface area contributed by atoms with Gasteiger partial charge in [0.25, 0.3) is 0 Å². The maximum absolute atomic E-state index is 2.63. The Bertz CT molecular complexity index is 155. The lowest BCUT2D eigenvalue weighted by atomic mass is 9.73. The number of hydrogen-bond donors (Lipinski definition) is 0. The van der Waals surface area contributed by atoms with Crippen molar-refractivity contribution in [3.63, 3.8) is 0 Å². The maximum atomic E-state index is 2.63. The van der Waals surface area contributed by atoms with Gasteiger partial charge >= 0.3 is 0 Å². The molecule has 0 bridgehead atoms. The second-order valence-electron chi connectivity index (χ2n) is 5.23. The predicted octanol–water partition coefficient (Wildman–Crippen LogP) is 4.71. The summed E-state index contributed by atoms with van der Waals surface area (Å²) >= 11 is 0. The van der Waals surface area contributed by atoms with Crippen LogP contribution in [0.2, 0.25) is 0 Å². The van der Waals surface area contributed by atoms with Crippen molar-refractivity contribution in [1.82, 2.24) is 4.90 Å². The molecule has 0 atom stereocenters. The van der Waals surface area contributed by atoms with Crippen LogP contribution in [0.3, 0.4) is 0 Å². The first-order valence-electron chi connectivity index (χ1n) is 7.37. The molecule has 0 radical (unpaired) electrons. The van der Waals surface area contributed by atoms with Gasteiger partial charge in [-0.1, -0.05) is 40.5 Å². The lowest BCUT2D eigenvalue weighted by molar-refractivity contribution is 0.0719. The van der Waals surface area contributed by atoms with Gasteiger partial charge in [0, 0.05) is 6.04 Å². The highest BCUT2D eigenvalue weighted by atomic mass is 15.2. The van der Waals surface area contributed by atoms with Gasteiger partial charge in [0.05, 0.1) is 0 Å². The van der Waals surface area contributed by atoms with Crippen molar-refractivity contribution in [3.05, 3.63) is 0 Å². The van der Waals surface area contributed by atoms with Crippen molar-refractivity contribution in [1.29, 1.82) is 0 Å². The monoisotopic (exact) mass is 227 g/mol. The molecular formula is C15H33N. The van der Waals surface area contributed by atoms with Crippen molar-refractivity contribution in [2.24, 2.45) is 5.41 Å². The van der Waals surface area contributed by atoms with Gasteiger partial charge in [-0.3, -0.25) is 0 Å². The zero-order valence-corrected chi connectivity index (χ0v) is 12.5. The molecule has 0 aromatic heterocycles. The van der Waals surface area contributed by atoms with Gasteiger partial charge in [-0.15, -0.1) is 0 Å². The van der Waals surface area contributed by atoms with Crippen LogP contribution in [0.25, 0.3) is 0 Å². The van der Waals surface area contributed by atoms with Crippen LogP contribution in [0.1, 0.15) is 73.6 Å². The van der Waals surface area contributed by atoms with E-state index in [4.69, 9.17) is 0 Å². The first-order valence-corrected chi connectivity index (χ1v) is 7.37. The van der Waals surface area contributed by atoms with Crippen LogP contribution in [0, 0.1) is 5.41 Å². The Labute approximate surface area is 104 Å². The Morgan fingerprint density at radius 3 is 1.88 bits per heavy atom. The summed E-state index contributed by atoms with van der Waals surface area (Å²) in [4.78, 5) is 2.63. The van der Waals surface area contributed by atoms with Crippen LogP contribution in [0.15, 0.2) is 0 Å². The molecule has 1 rings (SSSR count). The van der Waals surface area contributed by atoms with Crippen molar-refractivity contribution in [2.75, 3.05) is 13.1 Å². The number of hydrogen-bond acceptors (Lipinski definition) is 1. The molecule has 0 aliphatic carbocycles. The highest BCUT2D eigenvalue weighted by Crippen LogP contribution is 2.39. The fraction of sp³-hybridized carbons (Fsp3) is 1.00. The van der Waals surface area contributed by atoms with Gasteiger partial charge in [0.2, 0.25) is 0 Å². The van der Waals surface area contributed by atoms with E-state index in [0.29, 0.717) is 5.41 Å². The Hall–Kier alpha value is -0.0400. The summed E-state index contributed by atoms with van der Waals surface area (Å²) in [6, 6.07) is 0.742. The minimum Gasteiger partial charge on any atom is -0.301 e. The smallest absolute Gasteiger partial charge is 0.00385 e. The van der Waals surface area contributed by atoms with E-state index >= 15 is 0 Å². The molecule has 0 aromatic carbocycles. The van der Waals surface area contributed by atoms with E-state index < -0.39 is 0 Å². The van der Waals surface area contributed by atoms with Crippen LogP contribution in [-0.4, -0.2) is 24.0 Å². The minimum atomic E-state index is 0.695. The van der Waals surface area contributed by atoms with Crippen molar-refractivity contribution in [2.45, 2.75) is 79.7 Å². The summed E-state index contributed by atoms with van der Waals surface area (Å²) in [6.45, 7) is 16.0.